The number of halogens is 1. The number of guanidine groups is 1. The van der Waals surface area contributed by atoms with E-state index in [1.165, 1.54) is 11.1 Å². The van der Waals surface area contributed by atoms with Gasteiger partial charge in [-0.05, 0) is 36.1 Å². The van der Waals surface area contributed by atoms with E-state index < -0.39 is 0 Å². The first kappa shape index (κ1) is 22.3. The first-order chi connectivity index (χ1) is 13.3. The monoisotopic (exact) mass is 496 g/mol. The molecule has 6 nitrogen and oxygen atoms in total. The van der Waals surface area contributed by atoms with Gasteiger partial charge in [-0.15, -0.1) is 24.0 Å². The first-order valence-electron chi connectivity index (χ1n) is 9.57. The van der Waals surface area contributed by atoms with Crippen molar-refractivity contribution in [2.75, 3.05) is 26.7 Å². The zero-order valence-electron chi connectivity index (χ0n) is 16.3. The number of aliphatic imine (C=N–C) groups is 1. The molecule has 1 aliphatic heterocycles. The van der Waals surface area contributed by atoms with E-state index in [1.807, 2.05) is 23.1 Å². The van der Waals surface area contributed by atoms with Gasteiger partial charge in [0.05, 0.1) is 6.26 Å². The van der Waals surface area contributed by atoms with Gasteiger partial charge in [0.25, 0.3) is 0 Å². The molecule has 0 fully saturated rings. The lowest BCUT2D eigenvalue weighted by Crippen LogP contribution is -2.39. The maximum absolute atomic E-state index is 12.5. The smallest absolute Gasteiger partial charge is 0.222 e. The van der Waals surface area contributed by atoms with Crippen molar-refractivity contribution in [2.24, 2.45) is 4.99 Å². The van der Waals surface area contributed by atoms with Crippen LogP contribution in [-0.4, -0.2) is 43.4 Å². The quantitative estimate of drug-likeness (QED) is 0.268. The molecule has 2 N–H and O–H groups in total. The third kappa shape index (κ3) is 6.54. The number of hydrogen-bond acceptors (Lipinski definition) is 3. The number of furan rings is 1. The molecule has 2 aromatic rings. The Morgan fingerprint density at radius 3 is 2.68 bits per heavy atom. The van der Waals surface area contributed by atoms with Crippen LogP contribution in [0.1, 0.15) is 29.7 Å². The van der Waals surface area contributed by atoms with Gasteiger partial charge in [-0.25, -0.2) is 0 Å². The summed E-state index contributed by atoms with van der Waals surface area (Å²) in [6, 6.07) is 12.2. The second kappa shape index (κ2) is 11.7. The zero-order chi connectivity index (χ0) is 18.9. The van der Waals surface area contributed by atoms with Gasteiger partial charge in [0.15, 0.2) is 5.96 Å². The molecular weight excluding hydrogens is 467 g/mol. The summed E-state index contributed by atoms with van der Waals surface area (Å²) in [6.07, 6.45) is 4.78. The Labute approximate surface area is 183 Å². The minimum atomic E-state index is 0. The van der Waals surface area contributed by atoms with Gasteiger partial charge in [0.1, 0.15) is 5.76 Å². The van der Waals surface area contributed by atoms with E-state index in [0.717, 1.165) is 57.2 Å². The molecule has 0 bridgehead atoms. The second-order valence-corrected chi connectivity index (χ2v) is 6.69. The zero-order valence-corrected chi connectivity index (χ0v) is 18.6. The van der Waals surface area contributed by atoms with Crippen LogP contribution in [0.15, 0.2) is 52.1 Å². The summed E-state index contributed by atoms with van der Waals surface area (Å²) in [5.41, 5.74) is 2.64. The van der Waals surface area contributed by atoms with E-state index in [1.54, 1.807) is 13.3 Å². The molecule has 7 heteroatoms. The molecular formula is C21H29IN4O2. The number of carbonyl (C=O) groups is 1. The Morgan fingerprint density at radius 2 is 1.93 bits per heavy atom. The Morgan fingerprint density at radius 1 is 1.14 bits per heavy atom. The predicted octanol–water partition coefficient (Wildman–Crippen LogP) is 2.97. The maximum Gasteiger partial charge on any atom is 0.222 e. The number of hydrogen-bond donors (Lipinski definition) is 2. The SMILES string of the molecule is CN=C(NCCCC(=O)N1CCc2ccccc2C1)NCCc1ccco1.I. The summed E-state index contributed by atoms with van der Waals surface area (Å²) < 4.78 is 5.31. The van der Waals surface area contributed by atoms with E-state index >= 15 is 0 Å². The third-order valence-electron chi connectivity index (χ3n) is 4.81. The summed E-state index contributed by atoms with van der Waals surface area (Å²) in [7, 11) is 1.75. The van der Waals surface area contributed by atoms with Crippen molar-refractivity contribution in [1.82, 2.24) is 15.5 Å². The van der Waals surface area contributed by atoms with Crippen LogP contribution < -0.4 is 10.6 Å². The van der Waals surface area contributed by atoms with Crippen LogP contribution in [0.5, 0.6) is 0 Å². The standard InChI is InChI=1S/C21H28N4O2.HI/c1-22-21(24-13-10-19-8-5-15-27-19)23-12-4-9-20(26)25-14-11-17-6-2-3-7-18(17)16-25;/h2-3,5-8,15H,4,9-14,16H2,1H3,(H2,22,23,24);1H. The molecule has 0 unspecified atom stereocenters. The summed E-state index contributed by atoms with van der Waals surface area (Å²) >= 11 is 0. The molecule has 1 aliphatic rings. The van der Waals surface area contributed by atoms with Crippen molar-refractivity contribution in [2.45, 2.75) is 32.2 Å². The predicted molar refractivity (Wildman–Crippen MR) is 122 cm³/mol. The molecule has 0 spiro atoms. The van der Waals surface area contributed by atoms with E-state index in [-0.39, 0.29) is 29.9 Å². The fourth-order valence-electron chi connectivity index (χ4n) is 3.29. The van der Waals surface area contributed by atoms with E-state index in [0.29, 0.717) is 6.42 Å². The molecule has 0 atom stereocenters. The van der Waals surface area contributed by atoms with E-state index in [9.17, 15) is 4.79 Å². The fraction of sp³-hybridized carbons (Fsp3) is 0.429. The molecule has 1 aromatic heterocycles. The minimum Gasteiger partial charge on any atom is -0.469 e. The van der Waals surface area contributed by atoms with Crippen LogP contribution in [0.3, 0.4) is 0 Å². The van der Waals surface area contributed by atoms with Gasteiger partial charge in [-0.1, -0.05) is 24.3 Å². The molecule has 1 amide bonds. The van der Waals surface area contributed by atoms with Crippen molar-refractivity contribution in [1.29, 1.82) is 0 Å². The molecule has 28 heavy (non-hydrogen) atoms. The highest BCUT2D eigenvalue weighted by atomic mass is 127. The van der Waals surface area contributed by atoms with Gasteiger partial charge < -0.3 is 20.0 Å². The van der Waals surface area contributed by atoms with Gasteiger partial charge in [-0.2, -0.15) is 0 Å². The second-order valence-electron chi connectivity index (χ2n) is 6.69. The topological polar surface area (TPSA) is 69.9 Å². The molecule has 0 radical (unpaired) electrons. The van der Waals surface area contributed by atoms with E-state index in [4.69, 9.17) is 4.42 Å². The number of amides is 1. The maximum atomic E-state index is 12.5. The lowest BCUT2D eigenvalue weighted by molar-refractivity contribution is -0.132. The fourth-order valence-corrected chi connectivity index (χ4v) is 3.29. The lowest BCUT2D eigenvalue weighted by Gasteiger charge is -2.29. The Kier molecular flexibility index (Phi) is 9.33. The van der Waals surface area contributed by atoms with Crippen molar-refractivity contribution < 1.29 is 9.21 Å². The lowest BCUT2D eigenvalue weighted by atomic mass is 9.99. The Bertz CT molecular complexity index is 762. The van der Waals surface area contributed by atoms with E-state index in [2.05, 4.69) is 33.8 Å². The summed E-state index contributed by atoms with van der Waals surface area (Å²) in [4.78, 5) is 18.6. The molecule has 0 aliphatic carbocycles. The van der Waals surface area contributed by atoms with Crippen LogP contribution in [0.2, 0.25) is 0 Å². The van der Waals surface area contributed by atoms with Crippen molar-refractivity contribution in [3.63, 3.8) is 0 Å². The Hall–Kier alpha value is -2.03. The molecule has 3 rings (SSSR count). The highest BCUT2D eigenvalue weighted by Crippen LogP contribution is 2.19. The number of nitrogens with one attached hydrogen (secondary N) is 2. The first-order valence-corrected chi connectivity index (χ1v) is 9.57. The average Bonchev–Trinajstić information content (AvgIpc) is 3.22. The molecule has 0 saturated heterocycles. The molecule has 152 valence electrons. The summed E-state index contributed by atoms with van der Waals surface area (Å²) in [5, 5.41) is 6.51. The highest BCUT2D eigenvalue weighted by molar-refractivity contribution is 14.0. The van der Waals surface area contributed by atoms with Crippen LogP contribution in [0, 0.1) is 0 Å². The van der Waals surface area contributed by atoms with Gasteiger partial charge in [0, 0.05) is 46.1 Å². The molecule has 1 aromatic carbocycles. The van der Waals surface area contributed by atoms with Crippen LogP contribution in [-0.2, 0) is 24.2 Å². The van der Waals surface area contributed by atoms with Crippen molar-refractivity contribution in [3.05, 3.63) is 59.5 Å². The largest absolute Gasteiger partial charge is 0.469 e. The number of rotatable bonds is 7. The van der Waals surface area contributed by atoms with Gasteiger partial charge in [-0.3, -0.25) is 9.79 Å². The van der Waals surface area contributed by atoms with Crippen LogP contribution in [0.4, 0.5) is 0 Å². The van der Waals surface area contributed by atoms with Crippen molar-refractivity contribution >= 4 is 35.8 Å². The number of benzene rings is 1. The normalized spacial score (nSPS) is 13.5. The number of nitrogens with zero attached hydrogens (tertiary/aromatic N) is 2. The summed E-state index contributed by atoms with van der Waals surface area (Å²) in [6.45, 7) is 3.02. The van der Waals surface area contributed by atoms with Gasteiger partial charge >= 0.3 is 0 Å². The molecule has 0 saturated carbocycles. The highest BCUT2D eigenvalue weighted by Gasteiger charge is 2.19. The average molecular weight is 496 g/mol. The van der Waals surface area contributed by atoms with Crippen molar-refractivity contribution in [3.8, 4) is 0 Å². The molecule has 2 heterocycles. The van der Waals surface area contributed by atoms with Crippen LogP contribution >= 0.6 is 24.0 Å². The minimum absolute atomic E-state index is 0. The third-order valence-corrected chi connectivity index (χ3v) is 4.81. The number of carbonyl (C=O) groups excluding carboxylic acids is 1. The Balaban J connectivity index is 0.00000280. The van der Waals surface area contributed by atoms with Crippen LogP contribution in [0.25, 0.3) is 0 Å². The summed E-state index contributed by atoms with van der Waals surface area (Å²) in [5.74, 6) is 1.93. The van der Waals surface area contributed by atoms with Gasteiger partial charge in [0.2, 0.25) is 5.91 Å². The number of fused-ring (bicyclic) bond motifs is 1.